The van der Waals surface area contributed by atoms with E-state index in [9.17, 15) is 14.7 Å². The van der Waals surface area contributed by atoms with Gasteiger partial charge in [0.2, 0.25) is 0 Å². The fraction of sp³-hybridized carbons (Fsp3) is 0.258. The minimum absolute atomic E-state index is 0.102. The van der Waals surface area contributed by atoms with E-state index in [2.05, 4.69) is 4.99 Å². The van der Waals surface area contributed by atoms with Crippen LogP contribution in [0.3, 0.4) is 0 Å². The lowest BCUT2D eigenvalue weighted by Gasteiger charge is -2.32. The summed E-state index contributed by atoms with van der Waals surface area (Å²) in [6.07, 6.45) is 0.596. The molecule has 1 aliphatic heterocycles. The Morgan fingerprint density at radius 2 is 1.46 bits per heavy atom. The third-order valence-electron chi connectivity index (χ3n) is 6.58. The molecule has 3 aromatic rings. The molecule has 0 aromatic heterocycles. The molecule has 4 rings (SSSR count). The van der Waals surface area contributed by atoms with Crippen LogP contribution in [0, 0.1) is 5.92 Å². The highest BCUT2D eigenvalue weighted by atomic mass is 16.5. The number of allylic oxidation sites excluding steroid dienone is 1. The van der Waals surface area contributed by atoms with Crippen molar-refractivity contribution in [2.45, 2.75) is 46.3 Å². The molecular weight excluding hydrogens is 466 g/mol. The van der Waals surface area contributed by atoms with Gasteiger partial charge in [-0.25, -0.2) is 4.79 Å². The van der Waals surface area contributed by atoms with E-state index in [4.69, 9.17) is 9.47 Å². The average Bonchev–Trinajstić information content (AvgIpc) is 2.91. The predicted octanol–water partition coefficient (Wildman–Crippen LogP) is 5.89. The van der Waals surface area contributed by atoms with Crippen LogP contribution in [0.2, 0.25) is 0 Å². The zero-order valence-electron chi connectivity index (χ0n) is 21.3. The second-order valence-corrected chi connectivity index (χ2v) is 9.10. The monoisotopic (exact) mass is 497 g/mol. The first-order chi connectivity index (χ1) is 17.9. The first kappa shape index (κ1) is 25.9. The molecule has 190 valence electrons. The molecule has 37 heavy (non-hydrogen) atoms. The largest absolute Gasteiger partial charge is 0.508 e. The number of aliphatic imine (C=N–C) groups is 1. The van der Waals surface area contributed by atoms with E-state index in [-0.39, 0.29) is 19.0 Å². The molecule has 1 N–H and O–H groups in total. The van der Waals surface area contributed by atoms with Crippen LogP contribution in [0.15, 0.2) is 95.1 Å². The van der Waals surface area contributed by atoms with E-state index >= 15 is 0 Å². The van der Waals surface area contributed by atoms with Crippen LogP contribution in [-0.2, 0) is 38.7 Å². The number of carbonyl (C=O) groups excluding carboxylic acids is 2. The van der Waals surface area contributed by atoms with Crippen molar-refractivity contribution in [2.75, 3.05) is 0 Å². The maximum atomic E-state index is 13.5. The summed E-state index contributed by atoms with van der Waals surface area (Å²) in [5, 5.41) is 10.3. The summed E-state index contributed by atoms with van der Waals surface area (Å²) < 4.78 is 11.4. The van der Waals surface area contributed by atoms with Gasteiger partial charge in [0, 0.05) is 17.3 Å². The first-order valence-corrected chi connectivity index (χ1v) is 12.4. The molecular formula is C31H31NO5. The SMILES string of the molecule is CCc1cc(C2C(C(=O)OCc3ccccc3)=C(C)N=C(C)C2C(=O)OCc2ccccc2)ccc1O. The number of rotatable bonds is 8. The van der Waals surface area contributed by atoms with E-state index in [1.807, 2.05) is 73.7 Å². The van der Waals surface area contributed by atoms with Gasteiger partial charge in [-0.3, -0.25) is 9.79 Å². The summed E-state index contributed by atoms with van der Waals surface area (Å²) in [7, 11) is 0. The van der Waals surface area contributed by atoms with Gasteiger partial charge >= 0.3 is 11.9 Å². The molecule has 0 radical (unpaired) electrons. The number of nitrogens with zero attached hydrogens (tertiary/aromatic N) is 1. The number of phenols is 1. The summed E-state index contributed by atoms with van der Waals surface area (Å²) in [4.78, 5) is 31.6. The van der Waals surface area contributed by atoms with Crippen molar-refractivity contribution in [3.8, 4) is 5.75 Å². The minimum atomic E-state index is -0.819. The van der Waals surface area contributed by atoms with Crippen molar-refractivity contribution in [2.24, 2.45) is 10.9 Å². The van der Waals surface area contributed by atoms with Crippen molar-refractivity contribution in [3.63, 3.8) is 0 Å². The normalized spacial score (nSPS) is 17.2. The highest BCUT2D eigenvalue weighted by molar-refractivity contribution is 6.07. The van der Waals surface area contributed by atoms with Crippen LogP contribution in [0.25, 0.3) is 0 Å². The number of hydrogen-bond donors (Lipinski definition) is 1. The summed E-state index contributed by atoms with van der Waals surface area (Å²) in [6.45, 7) is 5.68. The van der Waals surface area contributed by atoms with Crippen molar-refractivity contribution in [1.82, 2.24) is 0 Å². The Balaban J connectivity index is 1.69. The van der Waals surface area contributed by atoms with Gasteiger partial charge in [-0.15, -0.1) is 0 Å². The molecule has 0 aliphatic carbocycles. The van der Waals surface area contributed by atoms with Gasteiger partial charge in [0.25, 0.3) is 0 Å². The molecule has 6 nitrogen and oxygen atoms in total. The van der Waals surface area contributed by atoms with E-state index in [0.29, 0.717) is 23.4 Å². The molecule has 0 bridgehead atoms. The second kappa shape index (κ2) is 11.7. The van der Waals surface area contributed by atoms with Gasteiger partial charge in [0.05, 0.1) is 5.57 Å². The van der Waals surface area contributed by atoms with Gasteiger partial charge in [-0.2, -0.15) is 0 Å². The van der Waals surface area contributed by atoms with Crippen molar-refractivity contribution in [3.05, 3.63) is 112 Å². The highest BCUT2D eigenvalue weighted by Crippen LogP contribution is 2.41. The Bertz CT molecular complexity index is 1330. The lowest BCUT2D eigenvalue weighted by Crippen LogP contribution is -2.36. The topological polar surface area (TPSA) is 85.2 Å². The second-order valence-electron chi connectivity index (χ2n) is 9.10. The number of benzene rings is 3. The highest BCUT2D eigenvalue weighted by Gasteiger charge is 2.42. The number of aryl methyl sites for hydroxylation is 1. The lowest BCUT2D eigenvalue weighted by atomic mass is 9.75. The summed E-state index contributed by atoms with van der Waals surface area (Å²) in [6, 6.07) is 24.0. The predicted molar refractivity (Wildman–Crippen MR) is 142 cm³/mol. The fourth-order valence-electron chi connectivity index (χ4n) is 4.67. The van der Waals surface area contributed by atoms with E-state index < -0.39 is 23.8 Å². The van der Waals surface area contributed by atoms with Crippen molar-refractivity contribution >= 4 is 17.7 Å². The Labute approximate surface area is 217 Å². The Morgan fingerprint density at radius 3 is 2.05 bits per heavy atom. The van der Waals surface area contributed by atoms with Crippen LogP contribution in [0.5, 0.6) is 5.75 Å². The van der Waals surface area contributed by atoms with Gasteiger partial charge in [0.1, 0.15) is 24.9 Å². The molecule has 0 spiro atoms. The average molecular weight is 498 g/mol. The van der Waals surface area contributed by atoms with Gasteiger partial charge in [-0.1, -0.05) is 79.7 Å². The maximum Gasteiger partial charge on any atom is 0.336 e. The Kier molecular flexibility index (Phi) is 8.18. The fourth-order valence-corrected chi connectivity index (χ4v) is 4.67. The zero-order chi connectivity index (χ0) is 26.4. The van der Waals surface area contributed by atoms with E-state index in [0.717, 1.165) is 22.3 Å². The zero-order valence-corrected chi connectivity index (χ0v) is 21.3. The molecule has 1 aliphatic rings. The van der Waals surface area contributed by atoms with Crippen LogP contribution < -0.4 is 0 Å². The van der Waals surface area contributed by atoms with E-state index in [1.165, 1.54) is 0 Å². The van der Waals surface area contributed by atoms with Crippen molar-refractivity contribution < 1.29 is 24.2 Å². The summed E-state index contributed by atoms with van der Waals surface area (Å²) in [5.74, 6) is -2.32. The van der Waals surface area contributed by atoms with Crippen LogP contribution >= 0.6 is 0 Å². The smallest absolute Gasteiger partial charge is 0.336 e. The van der Waals surface area contributed by atoms with Crippen LogP contribution in [0.4, 0.5) is 0 Å². The van der Waals surface area contributed by atoms with Gasteiger partial charge in [0.15, 0.2) is 0 Å². The molecule has 0 fully saturated rings. The number of hydrogen-bond acceptors (Lipinski definition) is 6. The summed E-state index contributed by atoms with van der Waals surface area (Å²) in [5.41, 5.74) is 4.55. The molecule has 0 amide bonds. The van der Waals surface area contributed by atoms with Crippen LogP contribution in [0.1, 0.15) is 48.9 Å². The third kappa shape index (κ3) is 5.97. The quantitative estimate of drug-likeness (QED) is 0.392. The minimum Gasteiger partial charge on any atom is -0.508 e. The van der Waals surface area contributed by atoms with Gasteiger partial charge < -0.3 is 14.6 Å². The number of ether oxygens (including phenoxy) is 2. The van der Waals surface area contributed by atoms with E-state index in [1.54, 1.807) is 26.0 Å². The van der Waals surface area contributed by atoms with Gasteiger partial charge in [-0.05, 0) is 48.6 Å². The first-order valence-electron chi connectivity index (χ1n) is 12.4. The lowest BCUT2D eigenvalue weighted by molar-refractivity contribution is -0.148. The molecule has 0 saturated carbocycles. The Hall–Kier alpha value is -4.19. The number of esters is 2. The van der Waals surface area contributed by atoms with Crippen molar-refractivity contribution in [1.29, 1.82) is 0 Å². The number of carbonyl (C=O) groups is 2. The molecule has 2 atom stereocenters. The Morgan fingerprint density at radius 1 is 0.865 bits per heavy atom. The third-order valence-corrected chi connectivity index (χ3v) is 6.58. The molecule has 0 saturated heterocycles. The number of aromatic hydroxyl groups is 1. The molecule has 2 unspecified atom stereocenters. The molecule has 6 heteroatoms. The summed E-state index contributed by atoms with van der Waals surface area (Å²) >= 11 is 0. The standard InChI is InChI=1S/C31H31NO5/c1-4-24-17-25(15-16-26(24)33)29-27(30(34)36-18-22-11-7-5-8-12-22)20(2)32-21(3)28(29)31(35)37-19-23-13-9-6-10-14-23/h5-17,27,29,33H,4,18-19H2,1-3H3. The molecule has 3 aromatic carbocycles. The molecule has 1 heterocycles. The number of phenolic OH excluding ortho intramolecular Hbond substituents is 1. The van der Waals surface area contributed by atoms with Crippen LogP contribution in [-0.4, -0.2) is 22.8 Å². The maximum absolute atomic E-state index is 13.5.